The maximum absolute atomic E-state index is 6.41. The number of methoxy groups -OCH3 is 1. The molecule has 0 radical (unpaired) electrons. The third kappa shape index (κ3) is 5.21. The summed E-state index contributed by atoms with van der Waals surface area (Å²) in [6, 6.07) is 0.139. The first-order chi connectivity index (χ1) is 9.53. The molecule has 2 N–H and O–H groups in total. The fraction of sp³-hybridized carbons (Fsp3) is 0.889. The van der Waals surface area contributed by atoms with Crippen molar-refractivity contribution in [3.05, 3.63) is 12.2 Å². The lowest BCUT2D eigenvalue weighted by Crippen LogP contribution is -2.53. The molecule has 1 rings (SSSR count). The summed E-state index contributed by atoms with van der Waals surface area (Å²) in [7, 11) is 1.80. The first kappa shape index (κ1) is 17.7. The van der Waals surface area contributed by atoms with Gasteiger partial charge in [0.2, 0.25) is 0 Å². The van der Waals surface area contributed by atoms with Gasteiger partial charge in [0.05, 0.1) is 6.10 Å². The molecule has 2 heteroatoms. The minimum absolute atomic E-state index is 0.139. The van der Waals surface area contributed by atoms with Crippen LogP contribution in [-0.4, -0.2) is 19.3 Å². The summed E-state index contributed by atoms with van der Waals surface area (Å²) < 4.78 is 5.66. The van der Waals surface area contributed by atoms with E-state index in [0.717, 1.165) is 0 Å². The molecule has 2 nitrogen and oxygen atoms in total. The minimum Gasteiger partial charge on any atom is -0.379 e. The number of ether oxygens (including phenoxy) is 1. The monoisotopic (exact) mass is 281 g/mol. The van der Waals surface area contributed by atoms with Gasteiger partial charge in [-0.3, -0.25) is 0 Å². The van der Waals surface area contributed by atoms with Crippen LogP contribution in [0.2, 0.25) is 0 Å². The Bertz CT molecular complexity index is 285. The molecule has 3 atom stereocenters. The second-order valence-electron chi connectivity index (χ2n) is 7.06. The molecule has 0 aromatic carbocycles. The van der Waals surface area contributed by atoms with E-state index in [1.807, 2.05) is 0 Å². The molecular formula is C18H35NO. The molecule has 1 aliphatic rings. The largest absolute Gasteiger partial charge is 0.379 e. The standard InChI is InChI=1S/C18H35NO/c1-5-6-7-8-9-10-11-12-15-13-14-18(2,3)17(20-4)16(15)19/h11-12,15-17H,5-10,13-14,19H2,1-4H3/b12-11-/t15-,16+,17-/m1/s1. The molecule has 0 aliphatic heterocycles. The van der Waals surface area contributed by atoms with Gasteiger partial charge in [-0.1, -0.05) is 58.6 Å². The fourth-order valence-corrected chi connectivity index (χ4v) is 3.46. The van der Waals surface area contributed by atoms with Crippen LogP contribution in [0.5, 0.6) is 0 Å². The van der Waals surface area contributed by atoms with E-state index < -0.39 is 0 Å². The second kappa shape index (κ2) is 8.84. The van der Waals surface area contributed by atoms with Gasteiger partial charge in [-0.15, -0.1) is 0 Å². The summed E-state index contributed by atoms with van der Waals surface area (Å²) in [5.74, 6) is 0.489. The molecule has 0 bridgehead atoms. The lowest BCUT2D eigenvalue weighted by molar-refractivity contribution is -0.0479. The van der Waals surface area contributed by atoms with E-state index in [9.17, 15) is 0 Å². The van der Waals surface area contributed by atoms with E-state index in [4.69, 9.17) is 10.5 Å². The summed E-state index contributed by atoms with van der Waals surface area (Å²) in [4.78, 5) is 0. The Morgan fingerprint density at radius 2 is 1.90 bits per heavy atom. The molecule has 0 unspecified atom stereocenters. The van der Waals surface area contributed by atoms with Crippen LogP contribution in [0, 0.1) is 11.3 Å². The molecule has 0 aromatic heterocycles. The predicted molar refractivity (Wildman–Crippen MR) is 87.8 cm³/mol. The summed E-state index contributed by atoms with van der Waals surface area (Å²) in [5.41, 5.74) is 6.62. The predicted octanol–water partition coefficient (Wildman–Crippen LogP) is 4.68. The number of rotatable bonds is 8. The molecule has 1 aliphatic carbocycles. The highest BCUT2D eigenvalue weighted by Gasteiger charge is 2.41. The summed E-state index contributed by atoms with van der Waals surface area (Å²) in [6.07, 6.45) is 15.2. The van der Waals surface area contributed by atoms with Crippen LogP contribution in [0.25, 0.3) is 0 Å². The van der Waals surface area contributed by atoms with Crippen LogP contribution < -0.4 is 5.73 Å². The van der Waals surface area contributed by atoms with Crippen molar-refractivity contribution in [2.45, 2.75) is 84.3 Å². The minimum atomic E-state index is 0.139. The normalized spacial score (nSPS) is 29.9. The fourth-order valence-electron chi connectivity index (χ4n) is 3.46. The van der Waals surface area contributed by atoms with Crippen LogP contribution in [0.15, 0.2) is 12.2 Å². The Labute approximate surface area is 126 Å². The van der Waals surface area contributed by atoms with Gasteiger partial charge in [0, 0.05) is 13.2 Å². The maximum atomic E-state index is 6.41. The molecule has 0 saturated heterocycles. The summed E-state index contributed by atoms with van der Waals surface area (Å²) in [6.45, 7) is 6.81. The maximum Gasteiger partial charge on any atom is 0.0778 e. The average molecular weight is 281 g/mol. The third-order valence-electron chi connectivity index (χ3n) is 4.85. The Balaban J connectivity index is 2.33. The molecule has 20 heavy (non-hydrogen) atoms. The summed E-state index contributed by atoms with van der Waals surface area (Å²) >= 11 is 0. The van der Waals surface area contributed by atoms with E-state index in [1.165, 1.54) is 51.4 Å². The Morgan fingerprint density at radius 3 is 2.55 bits per heavy atom. The van der Waals surface area contributed by atoms with Crippen molar-refractivity contribution in [2.75, 3.05) is 7.11 Å². The quantitative estimate of drug-likeness (QED) is 0.518. The van der Waals surface area contributed by atoms with Crippen LogP contribution in [-0.2, 0) is 4.74 Å². The van der Waals surface area contributed by atoms with E-state index >= 15 is 0 Å². The van der Waals surface area contributed by atoms with Crippen LogP contribution in [0.1, 0.15) is 72.1 Å². The number of unbranched alkanes of at least 4 members (excludes halogenated alkanes) is 5. The van der Waals surface area contributed by atoms with Crippen molar-refractivity contribution < 1.29 is 4.74 Å². The van der Waals surface area contributed by atoms with Gasteiger partial charge in [0.1, 0.15) is 0 Å². The highest BCUT2D eigenvalue weighted by Crippen LogP contribution is 2.39. The SMILES string of the molecule is CCCCCCC/C=C\[C@@H]1CCC(C)(C)[C@H](OC)[C@H]1N. The average Bonchev–Trinajstić information content (AvgIpc) is 2.40. The molecule has 118 valence electrons. The molecule has 0 spiro atoms. The van der Waals surface area contributed by atoms with Crippen molar-refractivity contribution >= 4 is 0 Å². The van der Waals surface area contributed by atoms with Crippen molar-refractivity contribution in [1.82, 2.24) is 0 Å². The lowest BCUT2D eigenvalue weighted by Gasteiger charge is -2.44. The van der Waals surface area contributed by atoms with Crippen molar-refractivity contribution in [1.29, 1.82) is 0 Å². The molecule has 0 heterocycles. The number of hydrogen-bond donors (Lipinski definition) is 1. The molecule has 0 aromatic rings. The van der Waals surface area contributed by atoms with E-state index in [1.54, 1.807) is 7.11 Å². The Kier molecular flexibility index (Phi) is 7.83. The molecule has 1 fully saturated rings. The van der Waals surface area contributed by atoms with E-state index in [-0.39, 0.29) is 17.6 Å². The van der Waals surface area contributed by atoms with Gasteiger partial charge in [0.25, 0.3) is 0 Å². The topological polar surface area (TPSA) is 35.2 Å². The van der Waals surface area contributed by atoms with Gasteiger partial charge in [-0.05, 0) is 37.0 Å². The zero-order valence-corrected chi connectivity index (χ0v) is 14.0. The van der Waals surface area contributed by atoms with Gasteiger partial charge in [0.15, 0.2) is 0 Å². The van der Waals surface area contributed by atoms with Crippen molar-refractivity contribution in [2.24, 2.45) is 17.1 Å². The van der Waals surface area contributed by atoms with Crippen molar-refractivity contribution in [3.63, 3.8) is 0 Å². The molecular weight excluding hydrogens is 246 g/mol. The van der Waals surface area contributed by atoms with Gasteiger partial charge in [-0.2, -0.15) is 0 Å². The summed E-state index contributed by atoms with van der Waals surface area (Å²) in [5, 5.41) is 0. The van der Waals surface area contributed by atoms with Crippen LogP contribution in [0.4, 0.5) is 0 Å². The van der Waals surface area contributed by atoms with Crippen LogP contribution in [0.3, 0.4) is 0 Å². The molecule has 0 amide bonds. The van der Waals surface area contributed by atoms with Gasteiger partial charge in [-0.25, -0.2) is 0 Å². The second-order valence-corrected chi connectivity index (χ2v) is 7.06. The van der Waals surface area contributed by atoms with E-state index in [0.29, 0.717) is 5.92 Å². The first-order valence-corrected chi connectivity index (χ1v) is 8.48. The number of hydrogen-bond acceptors (Lipinski definition) is 2. The van der Waals surface area contributed by atoms with Gasteiger partial charge >= 0.3 is 0 Å². The Hall–Kier alpha value is -0.340. The van der Waals surface area contributed by atoms with Gasteiger partial charge < -0.3 is 10.5 Å². The number of allylic oxidation sites excluding steroid dienone is 1. The Morgan fingerprint density at radius 1 is 1.20 bits per heavy atom. The highest BCUT2D eigenvalue weighted by molar-refractivity contribution is 5.03. The van der Waals surface area contributed by atoms with E-state index in [2.05, 4.69) is 32.9 Å². The first-order valence-electron chi connectivity index (χ1n) is 8.48. The smallest absolute Gasteiger partial charge is 0.0778 e. The number of nitrogens with two attached hydrogens (primary N) is 1. The third-order valence-corrected chi connectivity index (χ3v) is 4.85. The zero-order valence-electron chi connectivity index (χ0n) is 14.0. The van der Waals surface area contributed by atoms with Crippen molar-refractivity contribution in [3.8, 4) is 0 Å². The van der Waals surface area contributed by atoms with Crippen LogP contribution >= 0.6 is 0 Å². The highest BCUT2D eigenvalue weighted by atomic mass is 16.5. The lowest BCUT2D eigenvalue weighted by atomic mass is 9.68. The molecule has 1 saturated carbocycles. The zero-order chi connectivity index (χ0) is 15.0.